The molecular formula is C44H35N3O. The van der Waals surface area contributed by atoms with Crippen LogP contribution in [0.3, 0.4) is 0 Å². The molecular weight excluding hydrogens is 587 g/mol. The van der Waals surface area contributed by atoms with Gasteiger partial charge in [0, 0.05) is 63.7 Å². The van der Waals surface area contributed by atoms with E-state index in [1.54, 1.807) is 6.20 Å². The highest BCUT2D eigenvalue weighted by Gasteiger charge is 2.28. The lowest BCUT2D eigenvalue weighted by atomic mass is 9.92. The number of anilines is 1. The molecule has 0 atom stereocenters. The number of nitrogens with zero attached hydrogens (tertiary/aromatic N) is 2. The van der Waals surface area contributed by atoms with Gasteiger partial charge in [-0.2, -0.15) is 0 Å². The summed E-state index contributed by atoms with van der Waals surface area (Å²) in [6, 6.07) is 45.0. The molecule has 2 heterocycles. The average molecular weight is 622 g/mol. The second-order valence-corrected chi connectivity index (χ2v) is 12.7. The van der Waals surface area contributed by atoms with E-state index in [2.05, 4.69) is 144 Å². The van der Waals surface area contributed by atoms with Crippen molar-refractivity contribution in [3.8, 4) is 5.69 Å². The number of allylic oxidation sites excluding steroid dienone is 5. The summed E-state index contributed by atoms with van der Waals surface area (Å²) < 4.78 is 8.47. The molecule has 0 bridgehead atoms. The van der Waals surface area contributed by atoms with Gasteiger partial charge in [0.2, 0.25) is 0 Å². The number of para-hydroxylation sites is 3. The number of hydrogen-bond acceptors (Lipinski definition) is 3. The Morgan fingerprint density at radius 1 is 0.729 bits per heavy atom. The Morgan fingerprint density at radius 2 is 1.44 bits per heavy atom. The molecule has 0 amide bonds. The van der Waals surface area contributed by atoms with Gasteiger partial charge < -0.3 is 19.6 Å². The first-order chi connectivity index (χ1) is 23.7. The number of rotatable bonds is 4. The summed E-state index contributed by atoms with van der Waals surface area (Å²) in [4.78, 5) is 2.38. The van der Waals surface area contributed by atoms with E-state index >= 15 is 0 Å². The lowest BCUT2D eigenvalue weighted by Gasteiger charge is -2.26. The number of aromatic nitrogens is 1. The van der Waals surface area contributed by atoms with Crippen molar-refractivity contribution in [3.63, 3.8) is 0 Å². The summed E-state index contributed by atoms with van der Waals surface area (Å²) in [5.74, 6) is 0. The molecule has 4 nitrogen and oxygen atoms in total. The highest BCUT2D eigenvalue weighted by Crippen LogP contribution is 2.45. The van der Waals surface area contributed by atoms with Crippen LogP contribution in [0.1, 0.15) is 24.8 Å². The van der Waals surface area contributed by atoms with E-state index in [4.69, 9.17) is 10.2 Å². The molecule has 0 unspecified atom stereocenters. The minimum absolute atomic E-state index is 0.836. The SMILES string of the molecule is CN(C1=C(c2ccccc2)C2=C(C=CC1)C/C(=c1\c(=C/N)n(-c3ccccc3)c3ccccc13)C2)c1ccc2oc3ccccc3c2c1. The molecule has 2 aromatic heterocycles. The summed E-state index contributed by atoms with van der Waals surface area (Å²) in [5, 5.41) is 5.80. The van der Waals surface area contributed by atoms with Crippen molar-refractivity contribution >= 4 is 55.9 Å². The van der Waals surface area contributed by atoms with Crippen molar-refractivity contribution in [1.29, 1.82) is 0 Å². The Bertz CT molecular complexity index is 2600. The van der Waals surface area contributed by atoms with Gasteiger partial charge in [0.1, 0.15) is 11.2 Å². The van der Waals surface area contributed by atoms with E-state index in [0.29, 0.717) is 0 Å². The van der Waals surface area contributed by atoms with Crippen molar-refractivity contribution in [2.75, 3.05) is 11.9 Å². The van der Waals surface area contributed by atoms with Gasteiger partial charge in [-0.3, -0.25) is 0 Å². The Hall–Kier alpha value is -6.00. The van der Waals surface area contributed by atoms with Crippen LogP contribution in [0, 0.1) is 0 Å². The Balaban J connectivity index is 1.24. The lowest BCUT2D eigenvalue weighted by Crippen LogP contribution is -2.31. The number of nitrogens with two attached hydrogens (primary N) is 1. The molecule has 2 aliphatic carbocycles. The Morgan fingerprint density at radius 3 is 2.25 bits per heavy atom. The molecule has 4 heteroatoms. The van der Waals surface area contributed by atoms with Gasteiger partial charge in [-0.1, -0.05) is 103 Å². The van der Waals surface area contributed by atoms with Crippen LogP contribution in [0.4, 0.5) is 5.69 Å². The van der Waals surface area contributed by atoms with Crippen molar-refractivity contribution in [1.82, 2.24) is 4.57 Å². The summed E-state index contributed by atoms with van der Waals surface area (Å²) in [6.45, 7) is 0. The molecule has 0 radical (unpaired) electrons. The molecule has 0 aliphatic heterocycles. The second kappa shape index (κ2) is 11.4. The van der Waals surface area contributed by atoms with E-state index in [1.165, 1.54) is 49.7 Å². The summed E-state index contributed by atoms with van der Waals surface area (Å²) in [5.41, 5.74) is 19.8. The molecule has 2 N–H and O–H groups in total. The van der Waals surface area contributed by atoms with E-state index in [1.807, 2.05) is 12.1 Å². The van der Waals surface area contributed by atoms with Crippen LogP contribution in [0.5, 0.6) is 0 Å². The Labute approximate surface area is 279 Å². The zero-order chi connectivity index (χ0) is 32.2. The molecule has 2 aliphatic rings. The first-order valence-electron chi connectivity index (χ1n) is 16.6. The van der Waals surface area contributed by atoms with Crippen LogP contribution in [0.2, 0.25) is 0 Å². The number of benzene rings is 5. The zero-order valence-corrected chi connectivity index (χ0v) is 26.9. The minimum Gasteiger partial charge on any atom is -0.456 e. The van der Waals surface area contributed by atoms with Gasteiger partial charge in [-0.25, -0.2) is 0 Å². The van der Waals surface area contributed by atoms with Crippen LogP contribution >= 0.6 is 0 Å². The maximum Gasteiger partial charge on any atom is 0.135 e. The van der Waals surface area contributed by atoms with Gasteiger partial charge in [0.05, 0.1) is 10.9 Å². The van der Waals surface area contributed by atoms with Crippen LogP contribution in [0.25, 0.3) is 55.9 Å². The van der Waals surface area contributed by atoms with Crippen molar-refractivity contribution in [2.24, 2.45) is 5.73 Å². The first kappa shape index (κ1) is 28.2. The summed E-state index contributed by atoms with van der Waals surface area (Å²) in [6.07, 6.45) is 9.07. The molecule has 5 aromatic carbocycles. The third-order valence-corrected chi connectivity index (χ3v) is 10.1. The standard InChI is InChI=1S/C44H35N3O/c1-46(33-23-24-42-37(27-33)34-18-9-11-22-41(34)48-42)39-21-12-15-30-25-31(26-36(30)43(39)29-13-4-2-5-14-29)44-35-19-8-10-20-38(35)47(40(44)28-45)32-16-6-3-7-17-32/h2-20,22-24,27-28H,21,25-26,45H2,1H3/b40-28+,44-31+. The molecule has 232 valence electrons. The maximum absolute atomic E-state index is 6.49. The average Bonchev–Trinajstić information content (AvgIpc) is 3.79. The molecule has 9 rings (SSSR count). The quantitative estimate of drug-likeness (QED) is 0.213. The zero-order valence-electron chi connectivity index (χ0n) is 26.9. The van der Waals surface area contributed by atoms with Gasteiger partial charge in [0.25, 0.3) is 0 Å². The smallest absolute Gasteiger partial charge is 0.135 e. The molecule has 0 saturated carbocycles. The number of fused-ring (bicyclic) bond motifs is 4. The third-order valence-electron chi connectivity index (χ3n) is 10.1. The van der Waals surface area contributed by atoms with E-state index < -0.39 is 0 Å². The summed E-state index contributed by atoms with van der Waals surface area (Å²) in [7, 11) is 2.20. The molecule has 0 spiro atoms. The number of hydrogen-bond donors (Lipinski definition) is 1. The third kappa shape index (κ3) is 4.44. The van der Waals surface area contributed by atoms with Crippen LogP contribution in [-0.2, 0) is 0 Å². The minimum atomic E-state index is 0.836. The molecule has 48 heavy (non-hydrogen) atoms. The Kier molecular flexibility index (Phi) is 6.68. The fraction of sp³-hybridized carbons (Fsp3) is 0.0909. The van der Waals surface area contributed by atoms with E-state index in [-0.39, 0.29) is 0 Å². The van der Waals surface area contributed by atoms with Crippen molar-refractivity contribution in [3.05, 3.63) is 173 Å². The summed E-state index contributed by atoms with van der Waals surface area (Å²) >= 11 is 0. The van der Waals surface area contributed by atoms with Crippen molar-refractivity contribution < 1.29 is 4.42 Å². The van der Waals surface area contributed by atoms with Crippen LogP contribution < -0.4 is 21.2 Å². The molecule has 7 aromatic rings. The van der Waals surface area contributed by atoms with Crippen molar-refractivity contribution in [2.45, 2.75) is 19.3 Å². The fourth-order valence-corrected chi connectivity index (χ4v) is 7.87. The maximum atomic E-state index is 6.49. The van der Waals surface area contributed by atoms with Crippen LogP contribution in [0.15, 0.2) is 161 Å². The van der Waals surface area contributed by atoms with Crippen LogP contribution in [-0.4, -0.2) is 11.6 Å². The topological polar surface area (TPSA) is 47.3 Å². The predicted molar refractivity (Wildman–Crippen MR) is 200 cm³/mol. The second-order valence-electron chi connectivity index (χ2n) is 12.7. The molecule has 0 fully saturated rings. The fourth-order valence-electron chi connectivity index (χ4n) is 7.87. The van der Waals surface area contributed by atoms with E-state index in [0.717, 1.165) is 57.9 Å². The lowest BCUT2D eigenvalue weighted by molar-refractivity contribution is 0.669. The van der Waals surface area contributed by atoms with Gasteiger partial charge in [-0.15, -0.1) is 0 Å². The van der Waals surface area contributed by atoms with Gasteiger partial charge in [-0.05, 0) is 72.0 Å². The van der Waals surface area contributed by atoms with Gasteiger partial charge in [0.15, 0.2) is 0 Å². The van der Waals surface area contributed by atoms with E-state index in [9.17, 15) is 0 Å². The molecule has 0 saturated heterocycles. The van der Waals surface area contributed by atoms with Gasteiger partial charge >= 0.3 is 0 Å². The largest absolute Gasteiger partial charge is 0.456 e. The monoisotopic (exact) mass is 621 g/mol. The number of furan rings is 1. The predicted octanol–water partition coefficient (Wildman–Crippen LogP) is 8.98. The highest BCUT2D eigenvalue weighted by molar-refractivity contribution is 6.06. The first-order valence-corrected chi connectivity index (χ1v) is 16.6. The normalized spacial score (nSPS) is 16.4. The highest BCUT2D eigenvalue weighted by atomic mass is 16.3.